The van der Waals surface area contributed by atoms with Crippen molar-refractivity contribution in [2.24, 2.45) is 0 Å². The Morgan fingerprint density at radius 1 is 1.64 bits per heavy atom. The number of hydrogen-bond donors (Lipinski definition) is 0. The van der Waals surface area contributed by atoms with Crippen molar-refractivity contribution in [1.82, 2.24) is 4.98 Å². The number of rotatable bonds is 3. The minimum absolute atomic E-state index is 0.144. The maximum absolute atomic E-state index is 12.3. The largest absolute Gasteiger partial charge is 0.300 e. The van der Waals surface area contributed by atoms with Crippen molar-refractivity contribution in [2.75, 3.05) is 0 Å². The summed E-state index contributed by atoms with van der Waals surface area (Å²) in [4.78, 5) is 13.0. The van der Waals surface area contributed by atoms with E-state index < -0.39 is 22.7 Å². The molecule has 0 amide bonds. The first-order valence-corrected chi connectivity index (χ1v) is 4.66. The lowest BCUT2D eigenvalue weighted by Gasteiger charge is -2.03. The zero-order chi connectivity index (χ0) is 10.7. The fourth-order valence-electron chi connectivity index (χ4n) is 0.990. The minimum atomic E-state index is -2.94. The van der Waals surface area contributed by atoms with Crippen LogP contribution in [-0.4, -0.2) is 9.91 Å². The molecule has 0 bridgehead atoms. The van der Waals surface area contributed by atoms with Gasteiger partial charge in [-0.05, 0) is 6.07 Å². The summed E-state index contributed by atoms with van der Waals surface area (Å²) in [6, 6.07) is 1.33. The first-order chi connectivity index (χ1) is 6.57. The molecule has 0 N–H and O–H groups in total. The van der Waals surface area contributed by atoms with Crippen molar-refractivity contribution in [3.05, 3.63) is 33.6 Å². The summed E-state index contributed by atoms with van der Waals surface area (Å²) in [5, 5.41) is 10.7. The number of halogens is 3. The lowest BCUT2D eigenvalue weighted by molar-refractivity contribution is -0.387. The second-order valence-electron chi connectivity index (χ2n) is 2.40. The molecule has 0 saturated heterocycles. The van der Waals surface area contributed by atoms with Crippen LogP contribution in [0.15, 0.2) is 12.3 Å². The summed E-state index contributed by atoms with van der Waals surface area (Å²) in [6.45, 7) is 0. The molecule has 14 heavy (non-hydrogen) atoms. The van der Waals surface area contributed by atoms with E-state index in [-0.39, 0.29) is 10.9 Å². The normalized spacial score (nSPS) is 10.6. The van der Waals surface area contributed by atoms with E-state index in [9.17, 15) is 18.9 Å². The van der Waals surface area contributed by atoms with Gasteiger partial charge < -0.3 is 0 Å². The van der Waals surface area contributed by atoms with Gasteiger partial charge in [-0.2, -0.15) is 0 Å². The molecule has 0 aromatic carbocycles. The van der Waals surface area contributed by atoms with Crippen LogP contribution >= 0.6 is 15.9 Å². The Morgan fingerprint density at radius 2 is 2.29 bits per heavy atom. The Kier molecular flexibility index (Phi) is 3.45. The fourth-order valence-corrected chi connectivity index (χ4v) is 1.44. The average Bonchev–Trinajstić information content (AvgIpc) is 2.16. The number of nitrogens with zero attached hydrogens (tertiary/aromatic N) is 2. The molecule has 0 unspecified atom stereocenters. The van der Waals surface area contributed by atoms with Crippen LogP contribution in [0.3, 0.4) is 0 Å². The predicted molar refractivity (Wildman–Crippen MR) is 48.5 cm³/mol. The van der Waals surface area contributed by atoms with E-state index in [4.69, 9.17) is 0 Å². The topological polar surface area (TPSA) is 56.0 Å². The standard InChI is InChI=1S/C7H5BrF2N2O2/c8-3-4-1-2-11-5(7(9)10)6(4)12(13)14/h1-2,7H,3H2. The van der Waals surface area contributed by atoms with E-state index in [2.05, 4.69) is 20.9 Å². The van der Waals surface area contributed by atoms with E-state index in [0.717, 1.165) is 6.20 Å². The molecular formula is C7H5BrF2N2O2. The molecule has 1 aromatic heterocycles. The molecule has 0 atom stereocenters. The third-order valence-corrected chi connectivity index (χ3v) is 2.17. The Balaban J connectivity index is 3.35. The molecule has 0 radical (unpaired) electrons. The van der Waals surface area contributed by atoms with Gasteiger partial charge in [-0.15, -0.1) is 0 Å². The fraction of sp³-hybridized carbons (Fsp3) is 0.286. The smallest absolute Gasteiger partial charge is 0.258 e. The van der Waals surface area contributed by atoms with Gasteiger partial charge in [-0.1, -0.05) is 15.9 Å². The summed E-state index contributed by atoms with van der Waals surface area (Å²) in [5.74, 6) is 0. The highest BCUT2D eigenvalue weighted by Crippen LogP contribution is 2.30. The molecule has 0 aliphatic rings. The monoisotopic (exact) mass is 266 g/mol. The maximum atomic E-state index is 12.3. The van der Waals surface area contributed by atoms with Crippen LogP contribution in [0.25, 0.3) is 0 Å². The zero-order valence-corrected chi connectivity index (χ0v) is 8.37. The molecule has 4 nitrogen and oxygen atoms in total. The highest BCUT2D eigenvalue weighted by molar-refractivity contribution is 9.08. The Hall–Kier alpha value is -1.11. The number of pyridine rings is 1. The highest BCUT2D eigenvalue weighted by Gasteiger charge is 2.26. The van der Waals surface area contributed by atoms with E-state index in [1.165, 1.54) is 6.07 Å². The van der Waals surface area contributed by atoms with Crippen molar-refractivity contribution in [1.29, 1.82) is 0 Å². The predicted octanol–water partition coefficient (Wildman–Crippen LogP) is 2.82. The van der Waals surface area contributed by atoms with Crippen LogP contribution in [0, 0.1) is 10.1 Å². The maximum Gasteiger partial charge on any atom is 0.300 e. The van der Waals surface area contributed by atoms with Crippen LogP contribution < -0.4 is 0 Å². The summed E-state index contributed by atoms with van der Waals surface area (Å²) in [7, 11) is 0. The second kappa shape index (κ2) is 4.41. The summed E-state index contributed by atoms with van der Waals surface area (Å²) in [5.41, 5.74) is -1.20. The van der Waals surface area contributed by atoms with Crippen molar-refractivity contribution in [3.63, 3.8) is 0 Å². The molecule has 0 aliphatic carbocycles. The number of alkyl halides is 3. The molecule has 0 aliphatic heterocycles. The SMILES string of the molecule is O=[N+]([O-])c1c(CBr)ccnc1C(F)F. The zero-order valence-electron chi connectivity index (χ0n) is 6.78. The van der Waals surface area contributed by atoms with Crippen molar-refractivity contribution < 1.29 is 13.7 Å². The number of nitro groups is 1. The lowest BCUT2D eigenvalue weighted by atomic mass is 10.2. The number of hydrogen-bond acceptors (Lipinski definition) is 3. The molecule has 1 aromatic rings. The van der Waals surface area contributed by atoms with Gasteiger partial charge in [0, 0.05) is 17.1 Å². The molecule has 0 spiro atoms. The third-order valence-electron chi connectivity index (χ3n) is 1.57. The van der Waals surface area contributed by atoms with Crippen LogP contribution in [0.5, 0.6) is 0 Å². The quantitative estimate of drug-likeness (QED) is 0.480. The van der Waals surface area contributed by atoms with Gasteiger partial charge in [0.05, 0.1) is 4.92 Å². The van der Waals surface area contributed by atoms with Gasteiger partial charge in [0.1, 0.15) is 0 Å². The Morgan fingerprint density at radius 3 is 2.71 bits per heavy atom. The second-order valence-corrected chi connectivity index (χ2v) is 2.96. The van der Waals surface area contributed by atoms with Gasteiger partial charge in [-0.25, -0.2) is 13.8 Å². The Bertz CT molecular complexity index is 360. The summed E-state index contributed by atoms with van der Waals surface area (Å²) < 4.78 is 24.6. The first kappa shape index (κ1) is 11.0. The van der Waals surface area contributed by atoms with Crippen LogP contribution in [0.1, 0.15) is 17.7 Å². The van der Waals surface area contributed by atoms with Gasteiger partial charge in [0.15, 0.2) is 5.69 Å². The molecule has 76 valence electrons. The van der Waals surface area contributed by atoms with Crippen molar-refractivity contribution >= 4 is 21.6 Å². The van der Waals surface area contributed by atoms with E-state index in [1.807, 2.05) is 0 Å². The molecule has 1 rings (SSSR count). The van der Waals surface area contributed by atoms with E-state index in [1.54, 1.807) is 0 Å². The average molecular weight is 267 g/mol. The van der Waals surface area contributed by atoms with Gasteiger partial charge in [0.25, 0.3) is 6.43 Å². The number of aromatic nitrogens is 1. The van der Waals surface area contributed by atoms with E-state index >= 15 is 0 Å². The van der Waals surface area contributed by atoms with Gasteiger partial charge in [-0.3, -0.25) is 10.1 Å². The van der Waals surface area contributed by atoms with Crippen LogP contribution in [0.2, 0.25) is 0 Å². The van der Waals surface area contributed by atoms with Crippen molar-refractivity contribution in [3.8, 4) is 0 Å². The molecule has 0 saturated carbocycles. The van der Waals surface area contributed by atoms with Crippen LogP contribution in [-0.2, 0) is 5.33 Å². The third kappa shape index (κ3) is 2.03. The van der Waals surface area contributed by atoms with Gasteiger partial charge >= 0.3 is 5.69 Å². The van der Waals surface area contributed by atoms with Crippen LogP contribution in [0.4, 0.5) is 14.5 Å². The lowest BCUT2D eigenvalue weighted by Crippen LogP contribution is -2.02. The summed E-state index contributed by atoms with van der Waals surface area (Å²) >= 11 is 2.98. The van der Waals surface area contributed by atoms with Crippen molar-refractivity contribution in [2.45, 2.75) is 11.8 Å². The van der Waals surface area contributed by atoms with E-state index in [0.29, 0.717) is 0 Å². The molecule has 7 heteroatoms. The highest BCUT2D eigenvalue weighted by atomic mass is 79.9. The molecule has 0 fully saturated rings. The minimum Gasteiger partial charge on any atom is -0.258 e. The Labute approximate surface area is 86.2 Å². The molecular weight excluding hydrogens is 262 g/mol. The summed E-state index contributed by atoms with van der Waals surface area (Å²) in [6.07, 6.45) is -1.81. The van der Waals surface area contributed by atoms with Gasteiger partial charge in [0.2, 0.25) is 0 Å². The molecule has 1 heterocycles. The first-order valence-electron chi connectivity index (χ1n) is 3.54.